The second-order valence-corrected chi connectivity index (χ2v) is 8.34. The molecule has 0 fully saturated rings. The summed E-state index contributed by atoms with van der Waals surface area (Å²) in [5.74, 6) is 0.409. The van der Waals surface area contributed by atoms with Crippen molar-refractivity contribution in [1.82, 2.24) is 14.8 Å². The number of nitrogens with zero attached hydrogens (tertiary/aromatic N) is 3. The lowest BCUT2D eigenvalue weighted by Gasteiger charge is -2.10. The second-order valence-electron chi connectivity index (χ2n) is 8.34. The van der Waals surface area contributed by atoms with Gasteiger partial charge in [0, 0.05) is 11.3 Å². The number of aryl methyl sites for hydroxylation is 3. The van der Waals surface area contributed by atoms with Gasteiger partial charge in [0.15, 0.2) is 5.82 Å². The van der Waals surface area contributed by atoms with Crippen LogP contribution >= 0.6 is 0 Å². The minimum Gasteiger partial charge on any atom is -0.319 e. The fourth-order valence-electron chi connectivity index (χ4n) is 3.96. The van der Waals surface area contributed by atoms with E-state index in [-0.39, 0.29) is 11.7 Å². The van der Waals surface area contributed by atoms with Crippen molar-refractivity contribution in [2.24, 2.45) is 0 Å². The number of rotatable bonds is 4. The van der Waals surface area contributed by atoms with Crippen LogP contribution in [0.4, 0.5) is 5.69 Å². The van der Waals surface area contributed by atoms with Crippen LogP contribution in [0.15, 0.2) is 84.9 Å². The third-order valence-electron chi connectivity index (χ3n) is 5.71. The van der Waals surface area contributed by atoms with Crippen LogP contribution in [-0.4, -0.2) is 20.7 Å². The third kappa shape index (κ3) is 4.13. The molecule has 5 rings (SSSR count). The van der Waals surface area contributed by atoms with E-state index in [2.05, 4.69) is 28.4 Å². The van der Waals surface area contributed by atoms with E-state index in [4.69, 9.17) is 0 Å². The van der Waals surface area contributed by atoms with Gasteiger partial charge in [0.05, 0.1) is 5.69 Å². The highest BCUT2D eigenvalue weighted by molar-refractivity contribution is 6.03. The zero-order valence-corrected chi connectivity index (χ0v) is 18.8. The molecular weight excluding hydrogens is 408 g/mol. The van der Waals surface area contributed by atoms with Gasteiger partial charge in [-0.2, -0.15) is 0 Å². The summed E-state index contributed by atoms with van der Waals surface area (Å²) in [6.45, 7) is 6.14. The predicted octanol–water partition coefficient (Wildman–Crippen LogP) is 6.27. The van der Waals surface area contributed by atoms with Crippen molar-refractivity contribution in [3.05, 3.63) is 107 Å². The molecule has 0 saturated heterocycles. The van der Waals surface area contributed by atoms with E-state index >= 15 is 0 Å². The predicted molar refractivity (Wildman–Crippen MR) is 133 cm³/mol. The molecule has 1 amide bonds. The van der Waals surface area contributed by atoms with E-state index in [0.29, 0.717) is 11.5 Å². The van der Waals surface area contributed by atoms with Crippen molar-refractivity contribution in [1.29, 1.82) is 0 Å². The van der Waals surface area contributed by atoms with Crippen LogP contribution < -0.4 is 5.32 Å². The van der Waals surface area contributed by atoms with Crippen molar-refractivity contribution >= 4 is 22.4 Å². The SMILES string of the molecule is Cc1ccc(-c2nc(C(=O)Nc3ccc4ccccc4c3)nn2-c2ccc(C)cc2C)cc1. The smallest absolute Gasteiger partial charge is 0.295 e. The number of aromatic nitrogens is 3. The standard InChI is InChI=1S/C28H24N4O/c1-18-8-11-22(12-9-18)27-30-26(31-32(27)25-15-10-19(2)16-20(25)3)28(33)29-24-14-13-21-6-4-5-7-23(21)17-24/h4-17H,1-3H3,(H,29,33). The lowest BCUT2D eigenvalue weighted by molar-refractivity contribution is 0.101. The molecule has 162 valence electrons. The maximum absolute atomic E-state index is 13.1. The van der Waals surface area contributed by atoms with Gasteiger partial charge < -0.3 is 5.32 Å². The molecule has 33 heavy (non-hydrogen) atoms. The van der Waals surface area contributed by atoms with E-state index < -0.39 is 0 Å². The van der Waals surface area contributed by atoms with Gasteiger partial charge in [-0.3, -0.25) is 4.79 Å². The van der Waals surface area contributed by atoms with E-state index in [9.17, 15) is 4.79 Å². The summed E-state index contributed by atoms with van der Waals surface area (Å²) >= 11 is 0. The molecule has 5 nitrogen and oxygen atoms in total. The van der Waals surface area contributed by atoms with E-state index in [1.54, 1.807) is 4.68 Å². The molecule has 0 radical (unpaired) electrons. The molecule has 1 aromatic heterocycles. The average molecular weight is 433 g/mol. The number of nitrogens with one attached hydrogen (secondary N) is 1. The summed E-state index contributed by atoms with van der Waals surface area (Å²) in [5, 5.41) is 9.75. The maximum Gasteiger partial charge on any atom is 0.295 e. The van der Waals surface area contributed by atoms with Gasteiger partial charge in [-0.15, -0.1) is 5.10 Å². The molecule has 0 atom stereocenters. The van der Waals surface area contributed by atoms with Crippen molar-refractivity contribution < 1.29 is 4.79 Å². The summed E-state index contributed by atoms with van der Waals surface area (Å²) in [7, 11) is 0. The molecule has 0 unspecified atom stereocenters. The summed E-state index contributed by atoms with van der Waals surface area (Å²) in [5.41, 5.74) is 5.90. The fraction of sp³-hybridized carbons (Fsp3) is 0.107. The number of amides is 1. The van der Waals surface area contributed by atoms with E-state index in [1.807, 2.05) is 92.7 Å². The molecule has 0 aliphatic rings. The summed E-state index contributed by atoms with van der Waals surface area (Å²) in [6, 6.07) is 28.1. The number of anilines is 1. The van der Waals surface area contributed by atoms with Gasteiger partial charge in [0.25, 0.3) is 5.91 Å². The average Bonchev–Trinajstić information content (AvgIpc) is 3.25. The highest BCUT2D eigenvalue weighted by Gasteiger charge is 2.20. The minimum absolute atomic E-state index is 0.124. The van der Waals surface area contributed by atoms with Gasteiger partial charge in [0.2, 0.25) is 5.82 Å². The van der Waals surface area contributed by atoms with Crippen LogP contribution in [0.1, 0.15) is 27.3 Å². The molecule has 4 aromatic carbocycles. The molecule has 0 spiro atoms. The maximum atomic E-state index is 13.1. The van der Waals surface area contributed by atoms with Gasteiger partial charge in [0.1, 0.15) is 0 Å². The first-order chi connectivity index (χ1) is 16.0. The Morgan fingerprint density at radius 3 is 2.27 bits per heavy atom. The Kier molecular flexibility index (Phi) is 5.23. The van der Waals surface area contributed by atoms with Crippen LogP contribution in [0.25, 0.3) is 27.8 Å². The van der Waals surface area contributed by atoms with Gasteiger partial charge in [-0.1, -0.05) is 77.9 Å². The van der Waals surface area contributed by atoms with Crippen LogP contribution in [0.2, 0.25) is 0 Å². The number of hydrogen-bond acceptors (Lipinski definition) is 3. The molecule has 0 aliphatic carbocycles. The van der Waals surface area contributed by atoms with Gasteiger partial charge in [-0.25, -0.2) is 9.67 Å². The summed E-state index contributed by atoms with van der Waals surface area (Å²) in [4.78, 5) is 17.8. The van der Waals surface area contributed by atoms with Crippen molar-refractivity contribution in [3.63, 3.8) is 0 Å². The number of benzene rings is 4. The number of fused-ring (bicyclic) bond motifs is 1. The highest BCUT2D eigenvalue weighted by atomic mass is 16.2. The second kappa shape index (κ2) is 8.36. The third-order valence-corrected chi connectivity index (χ3v) is 5.71. The minimum atomic E-state index is -0.345. The fourth-order valence-corrected chi connectivity index (χ4v) is 3.96. The first kappa shape index (κ1) is 20.6. The molecule has 5 heteroatoms. The first-order valence-corrected chi connectivity index (χ1v) is 10.9. The topological polar surface area (TPSA) is 59.8 Å². The Hall–Kier alpha value is -4.25. The number of carbonyl (C=O) groups is 1. The molecule has 0 saturated carbocycles. The van der Waals surface area contributed by atoms with Crippen molar-refractivity contribution in [2.45, 2.75) is 20.8 Å². The lowest BCUT2D eigenvalue weighted by Crippen LogP contribution is -2.14. The Morgan fingerprint density at radius 1 is 0.788 bits per heavy atom. The monoisotopic (exact) mass is 432 g/mol. The molecular formula is C28H24N4O. The van der Waals surface area contributed by atoms with Crippen LogP contribution in [-0.2, 0) is 0 Å². The summed E-state index contributed by atoms with van der Waals surface area (Å²) in [6.07, 6.45) is 0. The number of hydrogen-bond donors (Lipinski definition) is 1. The summed E-state index contributed by atoms with van der Waals surface area (Å²) < 4.78 is 1.76. The Labute approximate surface area is 192 Å². The first-order valence-electron chi connectivity index (χ1n) is 10.9. The van der Waals surface area contributed by atoms with E-state index in [0.717, 1.165) is 33.2 Å². The zero-order chi connectivity index (χ0) is 22.9. The lowest BCUT2D eigenvalue weighted by atomic mass is 10.1. The molecule has 1 heterocycles. The van der Waals surface area contributed by atoms with E-state index in [1.165, 1.54) is 5.56 Å². The van der Waals surface area contributed by atoms with Crippen LogP contribution in [0.5, 0.6) is 0 Å². The highest BCUT2D eigenvalue weighted by Crippen LogP contribution is 2.25. The Bertz CT molecular complexity index is 1480. The molecule has 1 N–H and O–H groups in total. The Balaban J connectivity index is 1.55. The zero-order valence-electron chi connectivity index (χ0n) is 18.8. The van der Waals surface area contributed by atoms with Crippen LogP contribution in [0, 0.1) is 20.8 Å². The van der Waals surface area contributed by atoms with Crippen LogP contribution in [0.3, 0.4) is 0 Å². The van der Waals surface area contributed by atoms with Crippen molar-refractivity contribution in [3.8, 4) is 17.1 Å². The quantitative estimate of drug-likeness (QED) is 0.364. The van der Waals surface area contributed by atoms with Gasteiger partial charge in [-0.05, 0) is 55.3 Å². The largest absolute Gasteiger partial charge is 0.319 e. The Morgan fingerprint density at radius 2 is 1.52 bits per heavy atom. The molecule has 5 aromatic rings. The normalized spacial score (nSPS) is 11.0. The van der Waals surface area contributed by atoms with Crippen molar-refractivity contribution in [2.75, 3.05) is 5.32 Å². The molecule has 0 bridgehead atoms. The number of carbonyl (C=O) groups excluding carboxylic acids is 1. The van der Waals surface area contributed by atoms with Gasteiger partial charge >= 0.3 is 0 Å². The molecule has 0 aliphatic heterocycles.